The minimum atomic E-state index is -0.469. The number of ether oxygens (including phenoxy) is 1. The standard InChI is InChI=1S/C15H23N3O3/c1-2-21-12-13(19)11-17-7-9-18(10-8-17)15(20)14-5-3-4-6-16-14/h3-6,13,19H,2,7-12H2,1H3. The number of piperazine rings is 1. The first-order chi connectivity index (χ1) is 10.2. The Morgan fingerprint density at radius 1 is 1.38 bits per heavy atom. The fourth-order valence-corrected chi connectivity index (χ4v) is 2.39. The summed E-state index contributed by atoms with van der Waals surface area (Å²) in [5.41, 5.74) is 0.488. The van der Waals surface area contributed by atoms with Crippen LogP contribution in [0.4, 0.5) is 0 Å². The topological polar surface area (TPSA) is 65.9 Å². The Balaban J connectivity index is 1.77. The van der Waals surface area contributed by atoms with E-state index in [1.165, 1.54) is 0 Å². The van der Waals surface area contributed by atoms with Crippen molar-refractivity contribution in [1.29, 1.82) is 0 Å². The Kier molecular flexibility index (Phi) is 6.10. The van der Waals surface area contributed by atoms with Crippen LogP contribution in [0.25, 0.3) is 0 Å². The third-order valence-electron chi connectivity index (χ3n) is 3.53. The van der Waals surface area contributed by atoms with Crippen molar-refractivity contribution in [3.05, 3.63) is 30.1 Å². The van der Waals surface area contributed by atoms with E-state index >= 15 is 0 Å². The highest BCUT2D eigenvalue weighted by atomic mass is 16.5. The summed E-state index contributed by atoms with van der Waals surface area (Å²) in [4.78, 5) is 20.3. The lowest BCUT2D eigenvalue weighted by Gasteiger charge is -2.35. The van der Waals surface area contributed by atoms with Gasteiger partial charge in [0.2, 0.25) is 0 Å². The summed E-state index contributed by atoms with van der Waals surface area (Å²) in [7, 11) is 0. The molecule has 2 rings (SSSR count). The van der Waals surface area contributed by atoms with E-state index in [0.717, 1.165) is 13.1 Å². The number of rotatable bonds is 6. The number of pyridine rings is 1. The summed E-state index contributed by atoms with van der Waals surface area (Å²) in [5, 5.41) is 9.83. The lowest BCUT2D eigenvalue weighted by atomic mass is 10.2. The minimum Gasteiger partial charge on any atom is -0.389 e. The molecule has 1 fully saturated rings. The van der Waals surface area contributed by atoms with Gasteiger partial charge in [-0.15, -0.1) is 0 Å². The number of aromatic nitrogens is 1. The fraction of sp³-hybridized carbons (Fsp3) is 0.600. The number of nitrogens with zero attached hydrogens (tertiary/aromatic N) is 3. The lowest BCUT2D eigenvalue weighted by molar-refractivity contribution is 0.0110. The molecule has 1 aromatic heterocycles. The van der Waals surface area contributed by atoms with Crippen molar-refractivity contribution in [2.75, 3.05) is 45.9 Å². The van der Waals surface area contributed by atoms with Gasteiger partial charge < -0.3 is 14.7 Å². The van der Waals surface area contributed by atoms with Crippen LogP contribution in [0.3, 0.4) is 0 Å². The Morgan fingerprint density at radius 3 is 2.76 bits per heavy atom. The first kappa shape index (κ1) is 15.9. The second-order valence-corrected chi connectivity index (χ2v) is 5.12. The molecule has 1 aliphatic rings. The molecule has 0 aliphatic carbocycles. The number of aliphatic hydroxyl groups is 1. The summed E-state index contributed by atoms with van der Waals surface area (Å²) in [6.45, 7) is 6.34. The van der Waals surface area contributed by atoms with E-state index in [0.29, 0.717) is 38.5 Å². The highest BCUT2D eigenvalue weighted by Gasteiger charge is 2.23. The van der Waals surface area contributed by atoms with Gasteiger partial charge in [0.05, 0.1) is 12.7 Å². The molecule has 0 radical (unpaired) electrons. The van der Waals surface area contributed by atoms with Crippen molar-refractivity contribution in [2.24, 2.45) is 0 Å². The van der Waals surface area contributed by atoms with Gasteiger partial charge in [0.1, 0.15) is 5.69 Å². The highest BCUT2D eigenvalue weighted by molar-refractivity contribution is 5.92. The van der Waals surface area contributed by atoms with E-state index in [1.807, 2.05) is 17.9 Å². The van der Waals surface area contributed by atoms with Crippen molar-refractivity contribution in [2.45, 2.75) is 13.0 Å². The van der Waals surface area contributed by atoms with Crippen LogP contribution in [-0.2, 0) is 4.74 Å². The Hall–Kier alpha value is -1.50. The molecule has 1 amide bonds. The molecular weight excluding hydrogens is 270 g/mol. The van der Waals surface area contributed by atoms with Crippen LogP contribution in [0.2, 0.25) is 0 Å². The maximum Gasteiger partial charge on any atom is 0.272 e. The summed E-state index contributed by atoms with van der Waals surface area (Å²) in [6.07, 6.45) is 1.16. The van der Waals surface area contributed by atoms with Crippen molar-refractivity contribution >= 4 is 5.91 Å². The third-order valence-corrected chi connectivity index (χ3v) is 3.53. The van der Waals surface area contributed by atoms with Crippen LogP contribution in [0, 0.1) is 0 Å². The first-order valence-corrected chi connectivity index (χ1v) is 7.39. The first-order valence-electron chi connectivity index (χ1n) is 7.39. The molecule has 1 saturated heterocycles. The van der Waals surface area contributed by atoms with E-state index in [-0.39, 0.29) is 5.91 Å². The molecule has 1 unspecified atom stereocenters. The number of carbonyl (C=O) groups is 1. The SMILES string of the molecule is CCOCC(O)CN1CCN(C(=O)c2ccccn2)CC1. The van der Waals surface area contributed by atoms with Crippen LogP contribution in [0.15, 0.2) is 24.4 Å². The van der Waals surface area contributed by atoms with Gasteiger partial charge in [-0.2, -0.15) is 0 Å². The molecule has 1 atom stereocenters. The second kappa shape index (κ2) is 8.07. The Bertz CT molecular complexity index is 433. The minimum absolute atomic E-state index is 0.0230. The van der Waals surface area contributed by atoms with Crippen molar-refractivity contribution in [3.63, 3.8) is 0 Å². The van der Waals surface area contributed by atoms with Crippen LogP contribution < -0.4 is 0 Å². The Morgan fingerprint density at radius 2 is 2.14 bits per heavy atom. The zero-order chi connectivity index (χ0) is 15.1. The van der Waals surface area contributed by atoms with Gasteiger partial charge in [-0.3, -0.25) is 14.7 Å². The smallest absolute Gasteiger partial charge is 0.272 e. The number of aliphatic hydroxyl groups excluding tert-OH is 1. The van der Waals surface area contributed by atoms with Crippen molar-refractivity contribution in [1.82, 2.24) is 14.8 Å². The van der Waals surface area contributed by atoms with Gasteiger partial charge in [0.15, 0.2) is 0 Å². The van der Waals surface area contributed by atoms with Gasteiger partial charge in [0.25, 0.3) is 5.91 Å². The molecule has 6 nitrogen and oxygen atoms in total. The van der Waals surface area contributed by atoms with E-state index in [2.05, 4.69) is 9.88 Å². The maximum atomic E-state index is 12.2. The molecule has 0 saturated carbocycles. The average Bonchev–Trinajstić information content (AvgIpc) is 2.54. The fourth-order valence-electron chi connectivity index (χ4n) is 2.39. The summed E-state index contributed by atoms with van der Waals surface area (Å²) in [6, 6.07) is 5.36. The zero-order valence-corrected chi connectivity index (χ0v) is 12.4. The zero-order valence-electron chi connectivity index (χ0n) is 12.4. The number of β-amino-alcohol motifs (C(OH)–C–C–N with tert-alkyl or cyclic N) is 1. The summed E-state index contributed by atoms with van der Waals surface area (Å²) < 4.78 is 5.20. The lowest BCUT2D eigenvalue weighted by Crippen LogP contribution is -2.51. The molecule has 1 N–H and O–H groups in total. The Labute approximate surface area is 125 Å². The predicted molar refractivity (Wildman–Crippen MR) is 79.1 cm³/mol. The number of hydrogen-bond acceptors (Lipinski definition) is 5. The van der Waals surface area contributed by atoms with Crippen molar-refractivity contribution in [3.8, 4) is 0 Å². The van der Waals surface area contributed by atoms with Gasteiger partial charge in [-0.05, 0) is 19.1 Å². The van der Waals surface area contributed by atoms with Gasteiger partial charge >= 0.3 is 0 Å². The summed E-state index contributed by atoms with van der Waals surface area (Å²) >= 11 is 0. The number of amides is 1. The van der Waals surface area contributed by atoms with E-state index < -0.39 is 6.10 Å². The summed E-state index contributed by atoms with van der Waals surface area (Å²) in [5.74, 6) is -0.0230. The molecule has 0 spiro atoms. The van der Waals surface area contributed by atoms with Gasteiger partial charge in [-0.1, -0.05) is 6.07 Å². The van der Waals surface area contributed by atoms with E-state index in [9.17, 15) is 9.90 Å². The molecule has 6 heteroatoms. The number of carbonyl (C=O) groups excluding carboxylic acids is 1. The second-order valence-electron chi connectivity index (χ2n) is 5.12. The van der Waals surface area contributed by atoms with Crippen LogP contribution >= 0.6 is 0 Å². The molecular formula is C15H23N3O3. The maximum absolute atomic E-state index is 12.2. The monoisotopic (exact) mass is 293 g/mol. The predicted octanol–water partition coefficient (Wildman–Crippen LogP) is 0.237. The third kappa shape index (κ3) is 4.77. The normalized spacial score (nSPS) is 17.7. The van der Waals surface area contributed by atoms with Crippen molar-refractivity contribution < 1.29 is 14.6 Å². The van der Waals surface area contributed by atoms with E-state index in [1.54, 1.807) is 18.3 Å². The number of hydrogen-bond donors (Lipinski definition) is 1. The molecule has 0 aromatic carbocycles. The molecule has 1 aromatic rings. The molecule has 1 aliphatic heterocycles. The molecule has 21 heavy (non-hydrogen) atoms. The van der Waals surface area contributed by atoms with E-state index in [4.69, 9.17) is 4.74 Å². The van der Waals surface area contributed by atoms with Gasteiger partial charge in [0, 0.05) is 45.5 Å². The van der Waals surface area contributed by atoms with Crippen LogP contribution in [0.1, 0.15) is 17.4 Å². The quantitative estimate of drug-likeness (QED) is 0.814. The van der Waals surface area contributed by atoms with Crippen LogP contribution in [-0.4, -0.2) is 77.8 Å². The molecule has 116 valence electrons. The van der Waals surface area contributed by atoms with Gasteiger partial charge in [-0.25, -0.2) is 0 Å². The average molecular weight is 293 g/mol. The molecule has 2 heterocycles. The largest absolute Gasteiger partial charge is 0.389 e. The highest BCUT2D eigenvalue weighted by Crippen LogP contribution is 2.07. The van der Waals surface area contributed by atoms with Crippen LogP contribution in [0.5, 0.6) is 0 Å². The molecule has 0 bridgehead atoms.